The number of anilines is 1. The molecule has 0 spiro atoms. The molecule has 0 radical (unpaired) electrons. The molecule has 8 heteroatoms. The molecular weight excluding hydrogens is 339 g/mol. The summed E-state index contributed by atoms with van der Waals surface area (Å²) in [4.78, 5) is 19.3. The second kappa shape index (κ2) is 6.12. The number of likely N-dealkylation sites (tertiary alicyclic amines) is 1. The fraction of sp³-hybridized carbons (Fsp3) is 0.389. The lowest BCUT2D eigenvalue weighted by Gasteiger charge is -2.38. The van der Waals surface area contributed by atoms with Gasteiger partial charge in [0.25, 0.3) is 0 Å². The quantitative estimate of drug-likeness (QED) is 0.911. The molecule has 2 aromatic rings. The number of nitrogens with one attached hydrogen (secondary N) is 1. The van der Waals surface area contributed by atoms with Gasteiger partial charge in [0.2, 0.25) is 0 Å². The standard InChI is InChI=1S/C18H19FN4O3/c1-18(2)8-14(21-26-18)12-9-23(10-12)17(24)20-16-7-15(25-22-16)11-3-5-13(19)6-4-11/h3-7,12H,8-10H2,1-2H3,(H,20,22,24). The van der Waals surface area contributed by atoms with E-state index in [2.05, 4.69) is 15.6 Å². The van der Waals surface area contributed by atoms with Crippen molar-refractivity contribution in [2.45, 2.75) is 25.9 Å². The van der Waals surface area contributed by atoms with E-state index in [0.29, 0.717) is 30.2 Å². The molecule has 0 atom stereocenters. The van der Waals surface area contributed by atoms with Crippen molar-refractivity contribution < 1.29 is 18.5 Å². The lowest BCUT2D eigenvalue weighted by Crippen LogP contribution is -2.54. The van der Waals surface area contributed by atoms with Crippen LogP contribution >= 0.6 is 0 Å². The Kier molecular flexibility index (Phi) is 3.90. The van der Waals surface area contributed by atoms with E-state index >= 15 is 0 Å². The van der Waals surface area contributed by atoms with Gasteiger partial charge in [-0.05, 0) is 38.1 Å². The van der Waals surface area contributed by atoms with Crippen molar-refractivity contribution in [3.05, 3.63) is 36.1 Å². The van der Waals surface area contributed by atoms with Crippen molar-refractivity contribution in [3.8, 4) is 11.3 Å². The molecule has 3 heterocycles. The normalized spacial score (nSPS) is 18.9. The molecular formula is C18H19FN4O3. The maximum absolute atomic E-state index is 13.0. The summed E-state index contributed by atoms with van der Waals surface area (Å²) in [7, 11) is 0. The van der Waals surface area contributed by atoms with Gasteiger partial charge in [0.15, 0.2) is 11.6 Å². The summed E-state index contributed by atoms with van der Waals surface area (Å²) in [5.41, 5.74) is 1.44. The van der Waals surface area contributed by atoms with Crippen LogP contribution in [0.2, 0.25) is 0 Å². The fourth-order valence-electron chi connectivity index (χ4n) is 3.03. The Bertz CT molecular complexity index is 854. The Morgan fingerprint density at radius 2 is 2.04 bits per heavy atom. The molecule has 136 valence electrons. The molecule has 2 aliphatic rings. The van der Waals surface area contributed by atoms with Crippen LogP contribution in [0.1, 0.15) is 20.3 Å². The highest BCUT2D eigenvalue weighted by Gasteiger charge is 2.40. The van der Waals surface area contributed by atoms with Crippen molar-refractivity contribution >= 4 is 17.6 Å². The summed E-state index contributed by atoms with van der Waals surface area (Å²) in [5.74, 6) is 0.700. The molecule has 0 unspecified atom stereocenters. The van der Waals surface area contributed by atoms with E-state index in [0.717, 1.165) is 12.1 Å². The van der Waals surface area contributed by atoms with E-state index in [1.807, 2.05) is 13.8 Å². The van der Waals surface area contributed by atoms with Crippen LogP contribution in [0.3, 0.4) is 0 Å². The zero-order valence-corrected chi connectivity index (χ0v) is 14.5. The maximum Gasteiger partial charge on any atom is 0.323 e. The van der Waals surface area contributed by atoms with Gasteiger partial charge in [-0.25, -0.2) is 9.18 Å². The van der Waals surface area contributed by atoms with Crippen molar-refractivity contribution in [2.75, 3.05) is 18.4 Å². The molecule has 2 amide bonds. The van der Waals surface area contributed by atoms with Crippen molar-refractivity contribution in [1.29, 1.82) is 0 Å². The Hall–Kier alpha value is -2.90. The van der Waals surface area contributed by atoms with Crippen molar-refractivity contribution in [1.82, 2.24) is 10.1 Å². The van der Waals surface area contributed by atoms with Gasteiger partial charge < -0.3 is 14.3 Å². The molecule has 1 saturated heterocycles. The van der Waals surface area contributed by atoms with Gasteiger partial charge in [-0.3, -0.25) is 5.32 Å². The van der Waals surface area contributed by atoms with Gasteiger partial charge in [0, 0.05) is 37.1 Å². The van der Waals surface area contributed by atoms with E-state index in [1.54, 1.807) is 23.1 Å². The SMILES string of the molecule is CC1(C)CC(C2CN(C(=O)Nc3cc(-c4ccc(F)cc4)on3)C2)=NO1. The smallest absolute Gasteiger partial charge is 0.323 e. The monoisotopic (exact) mass is 358 g/mol. The second-order valence-electron chi connectivity index (χ2n) is 7.23. The number of hydrogen-bond acceptors (Lipinski definition) is 5. The first-order valence-corrected chi connectivity index (χ1v) is 8.43. The number of carbonyl (C=O) groups excluding carboxylic acids is 1. The number of amides is 2. The zero-order chi connectivity index (χ0) is 18.3. The largest absolute Gasteiger partial charge is 0.389 e. The topological polar surface area (TPSA) is 80.0 Å². The average Bonchev–Trinajstić information content (AvgIpc) is 3.13. The zero-order valence-electron chi connectivity index (χ0n) is 14.5. The number of aromatic nitrogens is 1. The number of halogens is 1. The van der Waals surface area contributed by atoms with Gasteiger partial charge in [0.05, 0.1) is 5.71 Å². The Morgan fingerprint density at radius 1 is 1.31 bits per heavy atom. The molecule has 26 heavy (non-hydrogen) atoms. The Morgan fingerprint density at radius 3 is 2.69 bits per heavy atom. The van der Waals surface area contributed by atoms with E-state index < -0.39 is 0 Å². The molecule has 0 aliphatic carbocycles. The van der Waals surface area contributed by atoms with E-state index in [1.165, 1.54) is 12.1 Å². The minimum atomic E-state index is -0.324. The predicted molar refractivity (Wildman–Crippen MR) is 93.2 cm³/mol. The van der Waals surface area contributed by atoms with E-state index in [9.17, 15) is 9.18 Å². The Labute approximate surface area is 149 Å². The van der Waals surface area contributed by atoms with Crippen LogP contribution < -0.4 is 5.32 Å². The number of nitrogens with zero attached hydrogens (tertiary/aromatic N) is 3. The number of benzene rings is 1. The summed E-state index contributed by atoms with van der Waals surface area (Å²) in [6, 6.07) is 7.24. The van der Waals surface area contributed by atoms with Crippen LogP contribution in [0.15, 0.2) is 40.0 Å². The highest BCUT2D eigenvalue weighted by Crippen LogP contribution is 2.30. The molecule has 2 aliphatic heterocycles. The number of hydrogen-bond donors (Lipinski definition) is 1. The summed E-state index contributed by atoms with van der Waals surface area (Å²) >= 11 is 0. The summed E-state index contributed by atoms with van der Waals surface area (Å²) < 4.78 is 18.2. The van der Waals surface area contributed by atoms with Crippen LogP contribution in [-0.2, 0) is 4.84 Å². The number of rotatable bonds is 3. The molecule has 1 fully saturated rings. The third-order valence-electron chi connectivity index (χ3n) is 4.53. The van der Waals surface area contributed by atoms with E-state index in [-0.39, 0.29) is 23.4 Å². The molecule has 0 saturated carbocycles. The summed E-state index contributed by atoms with van der Waals surface area (Å²) in [6.45, 7) is 5.20. The molecule has 1 aromatic carbocycles. The molecule has 4 rings (SSSR count). The highest BCUT2D eigenvalue weighted by molar-refractivity contribution is 5.94. The average molecular weight is 358 g/mol. The minimum absolute atomic E-state index is 0.237. The Balaban J connectivity index is 1.32. The third kappa shape index (κ3) is 3.26. The van der Waals surface area contributed by atoms with Gasteiger partial charge in [0.1, 0.15) is 11.4 Å². The van der Waals surface area contributed by atoms with Gasteiger partial charge in [-0.1, -0.05) is 10.3 Å². The molecule has 1 aromatic heterocycles. The molecule has 0 bridgehead atoms. The van der Waals surface area contributed by atoms with Gasteiger partial charge in [-0.2, -0.15) is 0 Å². The first-order chi connectivity index (χ1) is 12.4. The number of carbonyl (C=O) groups is 1. The van der Waals surface area contributed by atoms with Crippen molar-refractivity contribution in [2.24, 2.45) is 11.1 Å². The summed E-state index contributed by atoms with van der Waals surface area (Å²) in [5, 5.41) is 10.7. The minimum Gasteiger partial charge on any atom is -0.389 e. The van der Waals surface area contributed by atoms with Crippen LogP contribution in [-0.4, -0.2) is 40.5 Å². The second-order valence-corrected chi connectivity index (χ2v) is 7.23. The first-order valence-electron chi connectivity index (χ1n) is 8.43. The van der Waals surface area contributed by atoms with Crippen LogP contribution in [0.4, 0.5) is 15.0 Å². The highest BCUT2D eigenvalue weighted by atomic mass is 19.1. The third-order valence-corrected chi connectivity index (χ3v) is 4.53. The number of urea groups is 1. The predicted octanol–water partition coefficient (Wildman–Crippen LogP) is 3.50. The van der Waals surface area contributed by atoms with Crippen LogP contribution in [0.5, 0.6) is 0 Å². The fourth-order valence-corrected chi connectivity index (χ4v) is 3.03. The summed E-state index contributed by atoms with van der Waals surface area (Å²) in [6.07, 6.45) is 0.789. The van der Waals surface area contributed by atoms with Crippen LogP contribution in [0.25, 0.3) is 11.3 Å². The molecule has 1 N–H and O–H groups in total. The van der Waals surface area contributed by atoms with E-state index in [4.69, 9.17) is 9.36 Å². The van der Waals surface area contributed by atoms with Gasteiger partial charge in [-0.15, -0.1) is 0 Å². The maximum atomic E-state index is 13.0. The number of oxime groups is 1. The molecule has 7 nitrogen and oxygen atoms in total. The lowest BCUT2D eigenvalue weighted by atomic mass is 9.88. The lowest BCUT2D eigenvalue weighted by molar-refractivity contribution is 0.0123. The first kappa shape index (κ1) is 16.6. The van der Waals surface area contributed by atoms with Crippen molar-refractivity contribution in [3.63, 3.8) is 0 Å². The van der Waals surface area contributed by atoms with Gasteiger partial charge >= 0.3 is 6.03 Å². The van der Waals surface area contributed by atoms with Crippen LogP contribution in [0, 0.1) is 11.7 Å².